The molecule has 15 heavy (non-hydrogen) atoms. The van der Waals surface area contributed by atoms with Crippen molar-refractivity contribution in [2.45, 2.75) is 27.7 Å². The number of thioether (sulfide) groups is 4. The fourth-order valence-corrected chi connectivity index (χ4v) is 6.41. The topological polar surface area (TPSA) is 0 Å². The van der Waals surface area contributed by atoms with Gasteiger partial charge in [-0.15, -0.1) is 0 Å². The molecule has 5 heteroatoms. The Morgan fingerprint density at radius 3 is 1.07 bits per heavy atom. The maximum Gasteiger partial charge on any atom is 0.0699 e. The van der Waals surface area contributed by atoms with Crippen LogP contribution in [-0.4, -0.2) is 0 Å². The Labute approximate surface area is 110 Å². The van der Waals surface area contributed by atoms with Crippen LogP contribution in [0.5, 0.6) is 0 Å². The lowest BCUT2D eigenvalue weighted by Gasteiger charge is -2.00. The fraction of sp³-hybridized carbons (Fsp3) is 0.400. The summed E-state index contributed by atoms with van der Waals surface area (Å²) in [5, 5.41) is 0. The zero-order chi connectivity index (χ0) is 12.3. The highest BCUT2D eigenvalue weighted by Gasteiger charge is 2.23. The van der Waals surface area contributed by atoms with Crippen LogP contribution in [0.1, 0.15) is 30.7 Å². The number of allylic oxidation sites excluding steroid dienone is 4. The van der Waals surface area contributed by atoms with Gasteiger partial charge in [0, 0.05) is 2.97 Å². The number of hydrogen-bond acceptors (Lipinski definition) is 4. The van der Waals surface area contributed by atoms with E-state index in [1.54, 1.807) is 0 Å². The normalized spacial score (nSPS) is 22.1. The van der Waals surface area contributed by atoms with Gasteiger partial charge in [-0.2, -0.15) is 0 Å². The van der Waals surface area contributed by atoms with Crippen molar-refractivity contribution in [2.75, 3.05) is 0 Å². The molecule has 0 nitrogen and oxygen atoms in total. The van der Waals surface area contributed by atoms with E-state index in [1.807, 2.05) is 47.0 Å². The minimum absolute atomic E-state index is 0. The predicted octanol–water partition coefficient (Wildman–Crippen LogP) is 5.97. The zero-order valence-corrected chi connectivity index (χ0v) is 12.3. The molecule has 2 heterocycles. The summed E-state index contributed by atoms with van der Waals surface area (Å²) in [6.45, 7) is 8.83. The Morgan fingerprint density at radius 1 is 0.667 bits per heavy atom. The van der Waals surface area contributed by atoms with Gasteiger partial charge < -0.3 is 0 Å². The molecule has 0 unspecified atom stereocenters. The molecule has 0 spiro atoms. The fourth-order valence-electron chi connectivity index (χ4n) is 1.05. The Morgan fingerprint density at radius 2 is 0.867 bits per heavy atom. The van der Waals surface area contributed by atoms with Gasteiger partial charge in [0.15, 0.2) is 0 Å². The second-order valence-corrected chi connectivity index (χ2v) is 8.62. The van der Waals surface area contributed by atoms with Crippen molar-refractivity contribution in [3.05, 3.63) is 28.1 Å². The predicted molar refractivity (Wildman–Crippen MR) is 78.8 cm³/mol. The van der Waals surface area contributed by atoms with Gasteiger partial charge in [-0.25, -0.2) is 0 Å². The number of rotatable bonds is 0. The molecule has 0 bridgehead atoms. The van der Waals surface area contributed by atoms with Crippen LogP contribution in [0.3, 0.4) is 0 Å². The van der Waals surface area contributed by atoms with E-state index in [0.717, 1.165) is 0 Å². The molecule has 0 saturated heterocycles. The zero-order valence-electron chi connectivity index (χ0n) is 11.0. The second-order valence-electron chi connectivity index (χ2n) is 3.21. The van der Waals surface area contributed by atoms with Crippen molar-refractivity contribution in [1.82, 2.24) is 0 Å². The highest BCUT2D eigenvalue weighted by molar-refractivity contribution is 8.34. The third-order valence-electron chi connectivity index (χ3n) is 2.14. The second kappa shape index (κ2) is 5.25. The van der Waals surface area contributed by atoms with Crippen molar-refractivity contribution in [3.8, 4) is 0 Å². The van der Waals surface area contributed by atoms with Crippen LogP contribution in [0.25, 0.3) is 0 Å². The van der Waals surface area contributed by atoms with E-state index in [2.05, 4.69) is 27.7 Å². The average Bonchev–Trinajstić information content (AvgIpc) is 2.76. The third kappa shape index (κ3) is 2.81. The SMILES string of the molecule is CC1=C(C)SC(=C2SC(C)=C(C)S2)S1.F.[3H][3H]. The molecule has 0 saturated carbocycles. The van der Waals surface area contributed by atoms with Crippen molar-refractivity contribution >= 4 is 47.0 Å². The number of hydrogen-bond donors (Lipinski definition) is 0. The largest absolute Gasteiger partial charge is 0.269 e. The van der Waals surface area contributed by atoms with Crippen LogP contribution >= 0.6 is 47.0 Å². The highest BCUT2D eigenvalue weighted by Crippen LogP contribution is 2.59. The summed E-state index contributed by atoms with van der Waals surface area (Å²) in [6.07, 6.45) is 0. The van der Waals surface area contributed by atoms with Crippen molar-refractivity contribution in [3.63, 3.8) is 0 Å². The van der Waals surface area contributed by atoms with E-state index in [0.29, 0.717) is 0 Å². The van der Waals surface area contributed by atoms with Crippen LogP contribution in [0.4, 0.5) is 4.70 Å². The summed E-state index contributed by atoms with van der Waals surface area (Å²) in [5.74, 6) is 0. The minimum Gasteiger partial charge on any atom is -0.269 e. The molecule has 0 N–H and O–H groups in total. The first-order valence-electron chi connectivity index (χ1n) is 5.38. The van der Waals surface area contributed by atoms with E-state index in [9.17, 15) is 0 Å². The van der Waals surface area contributed by atoms with Crippen LogP contribution < -0.4 is 0 Å². The van der Waals surface area contributed by atoms with Crippen LogP contribution in [0.15, 0.2) is 28.1 Å². The Bertz CT molecular complexity index is 320. The molecule has 0 aliphatic carbocycles. The van der Waals surface area contributed by atoms with E-state index in [1.165, 1.54) is 28.1 Å². The average molecular weight is 287 g/mol. The van der Waals surface area contributed by atoms with Gasteiger partial charge in [0.25, 0.3) is 0 Å². The van der Waals surface area contributed by atoms with Crippen LogP contribution in [0, 0.1) is 0 Å². The van der Waals surface area contributed by atoms with E-state index < -0.39 is 0 Å². The molecule has 0 amide bonds. The molecule has 86 valence electrons. The lowest BCUT2D eigenvalue weighted by molar-refractivity contribution is 1.11. The summed E-state index contributed by atoms with van der Waals surface area (Å²) in [7, 11) is 0. The van der Waals surface area contributed by atoms with Gasteiger partial charge in [0.2, 0.25) is 0 Å². The molecular weight excluding hydrogens is 267 g/mol. The van der Waals surface area contributed by atoms with Crippen molar-refractivity contribution < 1.29 is 7.67 Å². The summed E-state index contributed by atoms with van der Waals surface area (Å²) < 4.78 is 13.0. The van der Waals surface area contributed by atoms with Crippen molar-refractivity contribution in [1.29, 1.82) is 0 Å². The quantitative estimate of drug-likeness (QED) is 0.537. The summed E-state index contributed by atoms with van der Waals surface area (Å²) in [5.41, 5.74) is 0. The summed E-state index contributed by atoms with van der Waals surface area (Å²) >= 11 is 7.72. The standard InChI is InChI=1S/C10H12S4.FH.H2/c1-5-6(2)12-9(11-5)10-13-7(3)8(4)14-10;;/h1-4H3;2*1H/i;;1+2T. The monoisotopic (exact) mass is 286 g/mol. The van der Waals surface area contributed by atoms with Gasteiger partial charge in [-0.3, -0.25) is 4.70 Å². The molecule has 2 aliphatic heterocycles. The smallest absolute Gasteiger partial charge is 0.0699 e. The minimum atomic E-state index is 0. The van der Waals surface area contributed by atoms with E-state index >= 15 is 0 Å². The highest BCUT2D eigenvalue weighted by atomic mass is 32.2. The lowest BCUT2D eigenvalue weighted by Crippen LogP contribution is -1.66. The summed E-state index contributed by atoms with van der Waals surface area (Å²) in [4.78, 5) is 5.84. The molecule has 2 aliphatic rings. The first-order valence-corrected chi connectivity index (χ1v) is 7.65. The van der Waals surface area contributed by atoms with Gasteiger partial charge in [0.05, 0.1) is 8.47 Å². The first-order chi connectivity index (χ1) is 7.58. The molecule has 0 aromatic heterocycles. The van der Waals surface area contributed by atoms with Gasteiger partial charge >= 0.3 is 0 Å². The van der Waals surface area contributed by atoms with Crippen LogP contribution in [0.2, 0.25) is 0 Å². The Kier molecular flexibility index (Phi) is 4.21. The number of halogens is 1. The molecule has 0 aromatic carbocycles. The molecular formula is C10H15FS4. The molecule has 0 atom stereocenters. The van der Waals surface area contributed by atoms with Crippen molar-refractivity contribution in [2.24, 2.45) is 0 Å². The lowest BCUT2D eigenvalue weighted by atomic mass is 10.6. The molecule has 0 radical (unpaired) electrons. The maximum atomic E-state index is 5.00. The molecule has 0 aromatic rings. The van der Waals surface area contributed by atoms with Gasteiger partial charge in [0.1, 0.15) is 0 Å². The van der Waals surface area contributed by atoms with Gasteiger partial charge in [-0.05, 0) is 47.3 Å². The van der Waals surface area contributed by atoms with E-state index in [4.69, 9.17) is 2.97 Å². The first kappa shape index (κ1) is 12.0. The molecule has 0 fully saturated rings. The Balaban J connectivity index is 0.000000811. The molecule has 2 rings (SSSR count). The van der Waals surface area contributed by atoms with Crippen LogP contribution in [-0.2, 0) is 0 Å². The summed E-state index contributed by atoms with van der Waals surface area (Å²) in [6, 6.07) is 0. The van der Waals surface area contributed by atoms with E-state index in [-0.39, 0.29) is 4.70 Å². The maximum absolute atomic E-state index is 5.00. The third-order valence-corrected chi connectivity index (χ3v) is 7.92. The Hall–Kier alpha value is 0.550. The van der Waals surface area contributed by atoms with Gasteiger partial charge in [-0.1, -0.05) is 47.0 Å².